The Morgan fingerprint density at radius 3 is 2.53 bits per heavy atom. The Bertz CT molecular complexity index is 332. The normalized spacial score (nSPS) is 27.3. The number of ketones is 1. The van der Waals surface area contributed by atoms with Gasteiger partial charge in [-0.15, -0.1) is 0 Å². The van der Waals surface area contributed by atoms with E-state index in [1.54, 1.807) is 20.8 Å². The van der Waals surface area contributed by atoms with Gasteiger partial charge in [-0.25, -0.2) is 4.79 Å². The van der Waals surface area contributed by atoms with Crippen molar-refractivity contribution in [2.24, 2.45) is 0 Å². The van der Waals surface area contributed by atoms with Crippen molar-refractivity contribution in [1.29, 1.82) is 0 Å². The van der Waals surface area contributed by atoms with Gasteiger partial charge in [-0.2, -0.15) is 0 Å². The van der Waals surface area contributed by atoms with Crippen LogP contribution in [0, 0.1) is 0 Å². The summed E-state index contributed by atoms with van der Waals surface area (Å²) in [4.78, 5) is 22.5. The van der Waals surface area contributed by atoms with E-state index in [0.717, 1.165) is 0 Å². The highest BCUT2D eigenvalue weighted by atomic mass is 16.8. The van der Waals surface area contributed by atoms with E-state index in [4.69, 9.17) is 14.2 Å². The minimum atomic E-state index is -0.819. The molecule has 1 aliphatic heterocycles. The summed E-state index contributed by atoms with van der Waals surface area (Å²) in [6.45, 7) is 6.91. The lowest BCUT2D eigenvalue weighted by molar-refractivity contribution is -0.152. The van der Waals surface area contributed by atoms with Crippen LogP contribution in [-0.2, 0) is 23.8 Å². The molecule has 0 spiro atoms. The predicted molar refractivity (Wildman–Crippen MR) is 60.3 cm³/mol. The number of carbonyl (C=O) groups is 2. The van der Waals surface area contributed by atoms with E-state index in [9.17, 15) is 9.59 Å². The molecule has 5 nitrogen and oxygen atoms in total. The van der Waals surface area contributed by atoms with Crippen LogP contribution in [0.2, 0.25) is 0 Å². The Hall–Kier alpha value is -1.20. The van der Waals surface area contributed by atoms with Gasteiger partial charge in [0.1, 0.15) is 12.2 Å². The fourth-order valence-electron chi connectivity index (χ4n) is 1.61. The second-order valence-corrected chi connectivity index (χ2v) is 4.24. The zero-order chi connectivity index (χ0) is 13.1. The fourth-order valence-corrected chi connectivity index (χ4v) is 1.61. The first-order valence-corrected chi connectivity index (χ1v) is 5.57. The van der Waals surface area contributed by atoms with Gasteiger partial charge in [-0.3, -0.25) is 4.79 Å². The molecule has 1 saturated heterocycles. The molecule has 1 rings (SSSR count). The van der Waals surface area contributed by atoms with E-state index in [1.165, 1.54) is 19.1 Å². The Labute approximate surface area is 101 Å². The molecule has 96 valence electrons. The van der Waals surface area contributed by atoms with Crippen molar-refractivity contribution in [3.05, 3.63) is 12.2 Å². The molecular formula is C12H18O5. The zero-order valence-corrected chi connectivity index (χ0v) is 10.6. The molecule has 0 N–H and O–H groups in total. The van der Waals surface area contributed by atoms with Crippen molar-refractivity contribution in [3.63, 3.8) is 0 Å². The van der Waals surface area contributed by atoms with Gasteiger partial charge >= 0.3 is 5.97 Å². The molecule has 0 aromatic rings. The largest absolute Gasteiger partial charge is 0.463 e. The fraction of sp³-hybridized carbons (Fsp3) is 0.667. The summed E-state index contributed by atoms with van der Waals surface area (Å²) in [5, 5.41) is 0. The van der Waals surface area contributed by atoms with E-state index < -0.39 is 24.0 Å². The van der Waals surface area contributed by atoms with E-state index >= 15 is 0 Å². The third kappa shape index (κ3) is 3.94. The number of hydrogen-bond donors (Lipinski definition) is 0. The lowest BCUT2D eigenvalue weighted by atomic mass is 10.1. The van der Waals surface area contributed by atoms with Crippen LogP contribution in [0.3, 0.4) is 0 Å². The maximum Gasteiger partial charge on any atom is 0.330 e. The van der Waals surface area contributed by atoms with Gasteiger partial charge in [0.15, 0.2) is 11.6 Å². The number of carbonyl (C=O) groups excluding carboxylic acids is 2. The third-order valence-electron chi connectivity index (χ3n) is 2.24. The molecule has 1 fully saturated rings. The first-order valence-electron chi connectivity index (χ1n) is 5.57. The van der Waals surface area contributed by atoms with Crippen LogP contribution >= 0.6 is 0 Å². The highest BCUT2D eigenvalue weighted by Gasteiger charge is 2.42. The number of rotatable bonds is 4. The summed E-state index contributed by atoms with van der Waals surface area (Å²) in [7, 11) is 0. The highest BCUT2D eigenvalue weighted by Crippen LogP contribution is 2.29. The monoisotopic (exact) mass is 242 g/mol. The van der Waals surface area contributed by atoms with Crippen molar-refractivity contribution < 1.29 is 23.8 Å². The number of Topliss-reactive ketones (excluding diaryl/α,β-unsaturated/α-hetero) is 1. The first kappa shape index (κ1) is 13.9. The molecule has 0 radical (unpaired) electrons. The van der Waals surface area contributed by atoms with Crippen LogP contribution in [0.25, 0.3) is 0 Å². The lowest BCUT2D eigenvalue weighted by Crippen LogP contribution is -2.28. The predicted octanol–water partition coefficient (Wildman–Crippen LogP) is 1.21. The SMILES string of the molecule is CCOC(=O)/C=C\[C@@H]1OC(C)(C)O[C@@H]1C(C)=O. The Balaban J connectivity index is 2.68. The molecule has 0 unspecified atom stereocenters. The number of ether oxygens (including phenoxy) is 3. The summed E-state index contributed by atoms with van der Waals surface area (Å²) in [6, 6.07) is 0. The molecule has 2 atom stereocenters. The summed E-state index contributed by atoms with van der Waals surface area (Å²) in [5.74, 6) is -1.41. The molecule has 0 aromatic heterocycles. The van der Waals surface area contributed by atoms with Gasteiger partial charge in [-0.05, 0) is 33.8 Å². The Kier molecular flexibility index (Phi) is 4.42. The van der Waals surface area contributed by atoms with Crippen LogP contribution in [0.4, 0.5) is 0 Å². The number of hydrogen-bond acceptors (Lipinski definition) is 5. The van der Waals surface area contributed by atoms with E-state index in [2.05, 4.69) is 0 Å². The standard InChI is InChI=1S/C12H18O5/c1-5-15-10(14)7-6-9-11(8(2)13)17-12(3,4)16-9/h6-7,9,11H,5H2,1-4H3/b7-6-/t9-,11+/m0/s1. The second-order valence-electron chi connectivity index (χ2n) is 4.24. The minimum Gasteiger partial charge on any atom is -0.463 e. The van der Waals surface area contributed by atoms with Gasteiger partial charge in [-0.1, -0.05) is 0 Å². The van der Waals surface area contributed by atoms with Crippen LogP contribution in [0.5, 0.6) is 0 Å². The Morgan fingerprint density at radius 2 is 2.00 bits per heavy atom. The molecule has 17 heavy (non-hydrogen) atoms. The van der Waals surface area contributed by atoms with Gasteiger partial charge in [0, 0.05) is 6.08 Å². The molecule has 0 aliphatic carbocycles. The molecule has 1 aliphatic rings. The Morgan fingerprint density at radius 1 is 1.35 bits per heavy atom. The third-order valence-corrected chi connectivity index (χ3v) is 2.24. The smallest absolute Gasteiger partial charge is 0.330 e. The van der Waals surface area contributed by atoms with Gasteiger partial charge in [0.25, 0.3) is 0 Å². The molecule has 0 saturated carbocycles. The van der Waals surface area contributed by atoms with Gasteiger partial charge < -0.3 is 14.2 Å². The molecule has 1 heterocycles. The van der Waals surface area contributed by atoms with Crippen molar-refractivity contribution in [2.75, 3.05) is 6.61 Å². The summed E-state index contributed by atoms with van der Waals surface area (Å²) >= 11 is 0. The van der Waals surface area contributed by atoms with Gasteiger partial charge in [0.2, 0.25) is 0 Å². The van der Waals surface area contributed by atoms with Crippen LogP contribution in [0.15, 0.2) is 12.2 Å². The maximum absolute atomic E-state index is 11.4. The van der Waals surface area contributed by atoms with E-state index in [0.29, 0.717) is 6.61 Å². The van der Waals surface area contributed by atoms with Crippen molar-refractivity contribution in [1.82, 2.24) is 0 Å². The summed E-state index contributed by atoms with van der Waals surface area (Å²) in [5.41, 5.74) is 0. The van der Waals surface area contributed by atoms with Crippen molar-refractivity contribution >= 4 is 11.8 Å². The van der Waals surface area contributed by atoms with E-state index in [-0.39, 0.29) is 5.78 Å². The molecule has 0 amide bonds. The highest BCUT2D eigenvalue weighted by molar-refractivity contribution is 5.84. The average Bonchev–Trinajstić information content (AvgIpc) is 2.51. The summed E-state index contributed by atoms with van der Waals surface area (Å²) in [6.07, 6.45) is 1.54. The van der Waals surface area contributed by atoms with Crippen LogP contribution in [0.1, 0.15) is 27.7 Å². The molecule has 5 heteroatoms. The molecule has 0 bridgehead atoms. The quantitative estimate of drug-likeness (QED) is 0.548. The maximum atomic E-state index is 11.4. The van der Waals surface area contributed by atoms with Crippen molar-refractivity contribution in [2.45, 2.75) is 45.7 Å². The average molecular weight is 242 g/mol. The second kappa shape index (κ2) is 5.42. The first-order chi connectivity index (χ1) is 7.85. The lowest BCUT2D eigenvalue weighted by Gasteiger charge is -2.15. The zero-order valence-electron chi connectivity index (χ0n) is 10.6. The molecule has 0 aromatic carbocycles. The summed E-state index contributed by atoms with van der Waals surface area (Å²) < 4.78 is 15.7. The van der Waals surface area contributed by atoms with Crippen molar-refractivity contribution in [3.8, 4) is 0 Å². The van der Waals surface area contributed by atoms with Crippen LogP contribution in [-0.4, -0.2) is 36.4 Å². The minimum absolute atomic E-state index is 0.130. The molecular weight excluding hydrogens is 224 g/mol. The van der Waals surface area contributed by atoms with E-state index in [1.807, 2.05) is 0 Å². The van der Waals surface area contributed by atoms with Gasteiger partial charge in [0.05, 0.1) is 6.61 Å². The number of esters is 1. The van der Waals surface area contributed by atoms with Crippen LogP contribution < -0.4 is 0 Å². The topological polar surface area (TPSA) is 61.8 Å².